The van der Waals surface area contributed by atoms with Gasteiger partial charge in [0.2, 0.25) is 0 Å². The van der Waals surface area contributed by atoms with Gasteiger partial charge >= 0.3 is 0 Å². The maximum atomic E-state index is 12.7. The maximum Gasteiger partial charge on any atom is 0.255 e. The third-order valence-corrected chi connectivity index (χ3v) is 4.00. The average molecular weight is 332 g/mol. The minimum Gasteiger partial charge on any atom is -0.497 e. The number of amides is 1. The molecule has 0 saturated carbocycles. The van der Waals surface area contributed by atoms with Crippen molar-refractivity contribution in [3.05, 3.63) is 84.2 Å². The van der Waals surface area contributed by atoms with Gasteiger partial charge in [-0.25, -0.2) is 0 Å². The summed E-state index contributed by atoms with van der Waals surface area (Å²) in [6.07, 6.45) is 3.36. The minimum absolute atomic E-state index is 0.0545. The van der Waals surface area contributed by atoms with E-state index in [1.54, 1.807) is 31.5 Å². The van der Waals surface area contributed by atoms with Crippen LogP contribution in [-0.2, 0) is 6.54 Å². The Morgan fingerprint density at radius 1 is 1.00 bits per heavy atom. The number of carbonyl (C=O) groups excluding carboxylic acids is 1. The Morgan fingerprint density at radius 3 is 2.56 bits per heavy atom. The van der Waals surface area contributed by atoms with Crippen LogP contribution < -0.4 is 4.74 Å². The van der Waals surface area contributed by atoms with E-state index in [0.29, 0.717) is 12.1 Å². The SMILES string of the molecule is COc1cccc(-c2cncc(C(=O)N(C)Cc3ccccc3)c2)c1. The number of ether oxygens (including phenoxy) is 1. The monoisotopic (exact) mass is 332 g/mol. The molecule has 0 bridgehead atoms. The van der Waals surface area contributed by atoms with Crippen LogP contribution in [0, 0.1) is 0 Å². The fourth-order valence-electron chi connectivity index (χ4n) is 2.67. The second-order valence-corrected chi connectivity index (χ2v) is 5.84. The second kappa shape index (κ2) is 7.62. The number of aromatic nitrogens is 1. The van der Waals surface area contributed by atoms with E-state index in [1.807, 2.05) is 60.7 Å². The van der Waals surface area contributed by atoms with E-state index < -0.39 is 0 Å². The maximum absolute atomic E-state index is 12.7. The van der Waals surface area contributed by atoms with Gasteiger partial charge in [0, 0.05) is 31.5 Å². The lowest BCUT2D eigenvalue weighted by atomic mass is 10.1. The molecule has 0 radical (unpaired) electrons. The lowest BCUT2D eigenvalue weighted by molar-refractivity contribution is 0.0784. The van der Waals surface area contributed by atoms with Gasteiger partial charge in [0.1, 0.15) is 5.75 Å². The Bertz CT molecular complexity index is 863. The van der Waals surface area contributed by atoms with Crippen molar-refractivity contribution in [3.8, 4) is 16.9 Å². The second-order valence-electron chi connectivity index (χ2n) is 5.84. The fraction of sp³-hybridized carbons (Fsp3) is 0.143. The zero-order chi connectivity index (χ0) is 17.6. The average Bonchev–Trinajstić information content (AvgIpc) is 2.68. The lowest BCUT2D eigenvalue weighted by Gasteiger charge is -2.17. The molecular formula is C21H20N2O2. The summed E-state index contributed by atoms with van der Waals surface area (Å²) in [5.74, 6) is 0.719. The highest BCUT2D eigenvalue weighted by atomic mass is 16.5. The molecule has 0 N–H and O–H groups in total. The molecule has 0 saturated heterocycles. The van der Waals surface area contributed by atoms with Gasteiger partial charge in [-0.15, -0.1) is 0 Å². The van der Waals surface area contributed by atoms with Gasteiger partial charge in [-0.3, -0.25) is 9.78 Å². The van der Waals surface area contributed by atoms with E-state index in [0.717, 1.165) is 22.4 Å². The molecule has 126 valence electrons. The fourth-order valence-corrected chi connectivity index (χ4v) is 2.67. The molecule has 4 heteroatoms. The normalized spacial score (nSPS) is 10.3. The van der Waals surface area contributed by atoms with Crippen molar-refractivity contribution < 1.29 is 9.53 Å². The zero-order valence-corrected chi connectivity index (χ0v) is 14.3. The van der Waals surface area contributed by atoms with E-state index in [2.05, 4.69) is 4.98 Å². The zero-order valence-electron chi connectivity index (χ0n) is 14.3. The van der Waals surface area contributed by atoms with Crippen molar-refractivity contribution in [3.63, 3.8) is 0 Å². The van der Waals surface area contributed by atoms with Gasteiger partial charge in [0.25, 0.3) is 5.91 Å². The predicted molar refractivity (Wildman–Crippen MR) is 98.5 cm³/mol. The summed E-state index contributed by atoms with van der Waals surface area (Å²) in [5.41, 5.74) is 3.51. The third-order valence-electron chi connectivity index (χ3n) is 4.00. The first-order valence-corrected chi connectivity index (χ1v) is 8.06. The molecule has 0 fully saturated rings. The Morgan fingerprint density at radius 2 is 1.80 bits per heavy atom. The van der Waals surface area contributed by atoms with E-state index in [1.165, 1.54) is 0 Å². The summed E-state index contributed by atoms with van der Waals surface area (Å²) in [4.78, 5) is 18.7. The Balaban J connectivity index is 1.81. The number of benzene rings is 2. The standard InChI is InChI=1S/C21H20N2O2/c1-23(15-16-7-4-3-5-8-16)21(24)19-11-18(13-22-14-19)17-9-6-10-20(12-17)25-2/h3-14H,15H2,1-2H3. The van der Waals surface area contributed by atoms with Gasteiger partial charge in [0.05, 0.1) is 12.7 Å². The van der Waals surface area contributed by atoms with Crippen molar-refractivity contribution >= 4 is 5.91 Å². The van der Waals surface area contributed by atoms with Gasteiger partial charge in [0.15, 0.2) is 0 Å². The lowest BCUT2D eigenvalue weighted by Crippen LogP contribution is -2.26. The number of methoxy groups -OCH3 is 1. The highest BCUT2D eigenvalue weighted by molar-refractivity contribution is 5.94. The molecule has 25 heavy (non-hydrogen) atoms. The van der Waals surface area contributed by atoms with E-state index >= 15 is 0 Å². The number of hydrogen-bond donors (Lipinski definition) is 0. The number of hydrogen-bond acceptors (Lipinski definition) is 3. The van der Waals surface area contributed by atoms with E-state index in [9.17, 15) is 4.79 Å². The van der Waals surface area contributed by atoms with Crippen LogP contribution in [0.25, 0.3) is 11.1 Å². The van der Waals surface area contributed by atoms with Crippen LogP contribution in [0.15, 0.2) is 73.1 Å². The molecule has 3 rings (SSSR count). The van der Waals surface area contributed by atoms with Crippen LogP contribution in [0.5, 0.6) is 5.75 Å². The molecular weight excluding hydrogens is 312 g/mol. The van der Waals surface area contributed by atoms with Crippen LogP contribution >= 0.6 is 0 Å². The largest absolute Gasteiger partial charge is 0.497 e. The minimum atomic E-state index is -0.0545. The van der Waals surface area contributed by atoms with Crippen molar-refractivity contribution in [1.82, 2.24) is 9.88 Å². The van der Waals surface area contributed by atoms with Crippen molar-refractivity contribution in [2.45, 2.75) is 6.54 Å². The van der Waals surface area contributed by atoms with Gasteiger partial charge < -0.3 is 9.64 Å². The summed E-state index contributed by atoms with van der Waals surface area (Å²) in [7, 11) is 3.43. The highest BCUT2D eigenvalue weighted by Crippen LogP contribution is 2.24. The summed E-state index contributed by atoms with van der Waals surface area (Å²) in [6, 6.07) is 19.5. The molecule has 0 unspecified atom stereocenters. The summed E-state index contributed by atoms with van der Waals surface area (Å²) in [6.45, 7) is 0.559. The molecule has 0 atom stereocenters. The molecule has 0 aliphatic rings. The van der Waals surface area contributed by atoms with Crippen molar-refractivity contribution in [2.75, 3.05) is 14.2 Å². The Kier molecular flexibility index (Phi) is 5.09. The quantitative estimate of drug-likeness (QED) is 0.708. The summed E-state index contributed by atoms with van der Waals surface area (Å²) in [5, 5.41) is 0. The van der Waals surface area contributed by atoms with Crippen LogP contribution in [0.4, 0.5) is 0 Å². The smallest absolute Gasteiger partial charge is 0.255 e. The first-order valence-electron chi connectivity index (χ1n) is 8.06. The molecule has 0 aliphatic heterocycles. The van der Waals surface area contributed by atoms with Crippen molar-refractivity contribution in [2.24, 2.45) is 0 Å². The molecule has 1 amide bonds. The van der Waals surface area contributed by atoms with Gasteiger partial charge in [-0.05, 0) is 29.3 Å². The molecule has 2 aromatic carbocycles. The molecule has 0 spiro atoms. The number of nitrogens with zero attached hydrogens (tertiary/aromatic N) is 2. The molecule has 1 aromatic heterocycles. The number of rotatable bonds is 5. The molecule has 1 heterocycles. The summed E-state index contributed by atoms with van der Waals surface area (Å²) >= 11 is 0. The molecule has 4 nitrogen and oxygen atoms in total. The number of pyridine rings is 1. The van der Waals surface area contributed by atoms with Crippen molar-refractivity contribution in [1.29, 1.82) is 0 Å². The van der Waals surface area contributed by atoms with Crippen LogP contribution in [-0.4, -0.2) is 29.9 Å². The first-order chi connectivity index (χ1) is 12.2. The predicted octanol–water partition coefficient (Wildman–Crippen LogP) is 4.03. The summed E-state index contributed by atoms with van der Waals surface area (Å²) < 4.78 is 5.26. The van der Waals surface area contributed by atoms with Gasteiger partial charge in [-0.2, -0.15) is 0 Å². The Hall–Kier alpha value is -3.14. The first kappa shape index (κ1) is 16.7. The molecule has 0 aliphatic carbocycles. The topological polar surface area (TPSA) is 42.4 Å². The van der Waals surface area contributed by atoms with Crippen LogP contribution in [0.3, 0.4) is 0 Å². The van der Waals surface area contributed by atoms with E-state index in [4.69, 9.17) is 4.74 Å². The molecule has 3 aromatic rings. The van der Waals surface area contributed by atoms with Crippen LogP contribution in [0.2, 0.25) is 0 Å². The third kappa shape index (κ3) is 4.04. The number of carbonyl (C=O) groups is 1. The van der Waals surface area contributed by atoms with Gasteiger partial charge in [-0.1, -0.05) is 42.5 Å². The Labute approximate surface area is 147 Å². The highest BCUT2D eigenvalue weighted by Gasteiger charge is 2.13. The van der Waals surface area contributed by atoms with E-state index in [-0.39, 0.29) is 5.91 Å². The van der Waals surface area contributed by atoms with Crippen LogP contribution in [0.1, 0.15) is 15.9 Å².